The van der Waals surface area contributed by atoms with E-state index in [4.69, 9.17) is 32.7 Å². The van der Waals surface area contributed by atoms with Gasteiger partial charge in [-0.1, -0.05) is 48.7 Å². The highest BCUT2D eigenvalue weighted by Gasteiger charge is 2.07. The highest BCUT2D eigenvalue weighted by molar-refractivity contribution is 6.42. The van der Waals surface area contributed by atoms with E-state index in [0.29, 0.717) is 22.4 Å². The quantitative estimate of drug-likeness (QED) is 0.528. The van der Waals surface area contributed by atoms with Crippen LogP contribution in [0.25, 0.3) is 0 Å². The highest BCUT2D eigenvalue weighted by Crippen LogP contribution is 2.29. The highest BCUT2D eigenvalue weighted by atomic mass is 35.5. The molecule has 0 bridgehead atoms. The lowest BCUT2D eigenvalue weighted by molar-refractivity contribution is 0.284. The Morgan fingerprint density at radius 3 is 2.40 bits per heavy atom. The van der Waals surface area contributed by atoms with Crippen LogP contribution in [0.5, 0.6) is 11.5 Å². The zero-order chi connectivity index (χ0) is 17.4. The fourth-order valence-electron chi connectivity index (χ4n) is 2.27. The first-order chi connectivity index (χ1) is 11.6. The number of halogens is 3. The molecule has 3 nitrogen and oxygen atoms in total. The molecule has 0 amide bonds. The van der Waals surface area contributed by atoms with Gasteiger partial charge in [-0.25, -0.2) is 0 Å². The minimum absolute atomic E-state index is 0. The van der Waals surface area contributed by atoms with Crippen molar-refractivity contribution in [2.75, 3.05) is 13.7 Å². The fraction of sp³-hybridized carbons (Fsp3) is 0.368. The van der Waals surface area contributed by atoms with Crippen LogP contribution in [-0.4, -0.2) is 13.7 Å². The van der Waals surface area contributed by atoms with Crippen LogP contribution in [0.1, 0.15) is 30.9 Å². The largest absolute Gasteiger partial charge is 0.493 e. The normalized spacial score (nSPS) is 10.2. The summed E-state index contributed by atoms with van der Waals surface area (Å²) in [5.74, 6) is 1.44. The summed E-state index contributed by atoms with van der Waals surface area (Å²) in [5.41, 5.74) is 2.13. The Morgan fingerprint density at radius 2 is 1.72 bits per heavy atom. The summed E-state index contributed by atoms with van der Waals surface area (Å²) < 4.78 is 11.3. The third-order valence-corrected chi connectivity index (χ3v) is 4.38. The van der Waals surface area contributed by atoms with Gasteiger partial charge >= 0.3 is 0 Å². The van der Waals surface area contributed by atoms with Crippen molar-refractivity contribution in [2.24, 2.45) is 0 Å². The first-order valence-corrected chi connectivity index (χ1v) is 8.84. The smallest absolute Gasteiger partial charge is 0.161 e. The second-order valence-electron chi connectivity index (χ2n) is 5.55. The Balaban J connectivity index is 0.00000312. The molecule has 0 spiro atoms. The molecule has 25 heavy (non-hydrogen) atoms. The van der Waals surface area contributed by atoms with E-state index in [1.165, 1.54) is 18.4 Å². The van der Waals surface area contributed by atoms with Gasteiger partial charge in [-0.2, -0.15) is 0 Å². The molecule has 0 aromatic heterocycles. The Morgan fingerprint density at radius 1 is 0.960 bits per heavy atom. The molecular weight excluding hydrogens is 381 g/mol. The molecule has 0 radical (unpaired) electrons. The van der Waals surface area contributed by atoms with Crippen molar-refractivity contribution in [2.45, 2.75) is 32.9 Å². The SMILES string of the molecule is CCCCNCc1ccc(OCc2ccc(Cl)c(Cl)c2)c(OC)c1.Cl. The number of hydrogen-bond acceptors (Lipinski definition) is 3. The minimum atomic E-state index is 0. The van der Waals surface area contributed by atoms with Crippen molar-refractivity contribution in [3.8, 4) is 11.5 Å². The van der Waals surface area contributed by atoms with E-state index in [1.54, 1.807) is 13.2 Å². The minimum Gasteiger partial charge on any atom is -0.493 e. The van der Waals surface area contributed by atoms with Crippen LogP contribution in [-0.2, 0) is 13.2 Å². The second kappa shape index (κ2) is 11.5. The number of hydrogen-bond donors (Lipinski definition) is 1. The van der Waals surface area contributed by atoms with E-state index < -0.39 is 0 Å². The van der Waals surface area contributed by atoms with Crippen LogP contribution in [0.4, 0.5) is 0 Å². The summed E-state index contributed by atoms with van der Waals surface area (Å²) in [7, 11) is 1.65. The maximum absolute atomic E-state index is 6.03. The number of benzene rings is 2. The van der Waals surface area contributed by atoms with E-state index in [0.717, 1.165) is 24.4 Å². The van der Waals surface area contributed by atoms with E-state index in [2.05, 4.69) is 12.2 Å². The van der Waals surface area contributed by atoms with Crippen molar-refractivity contribution < 1.29 is 9.47 Å². The lowest BCUT2D eigenvalue weighted by Crippen LogP contribution is -2.14. The van der Waals surface area contributed by atoms with Gasteiger partial charge in [0.2, 0.25) is 0 Å². The van der Waals surface area contributed by atoms with E-state index in [1.807, 2.05) is 30.3 Å². The van der Waals surface area contributed by atoms with Gasteiger partial charge in [0.25, 0.3) is 0 Å². The molecule has 6 heteroatoms. The Hall–Kier alpha value is -1.13. The monoisotopic (exact) mass is 403 g/mol. The molecule has 0 aliphatic carbocycles. The maximum atomic E-state index is 6.03. The lowest BCUT2D eigenvalue weighted by Gasteiger charge is -2.13. The summed E-state index contributed by atoms with van der Waals surface area (Å²) in [6, 6.07) is 11.5. The molecule has 0 unspecified atom stereocenters. The Kier molecular flexibility index (Phi) is 10.1. The Labute approximate surface area is 166 Å². The molecule has 0 heterocycles. The van der Waals surface area contributed by atoms with Crippen molar-refractivity contribution >= 4 is 35.6 Å². The third-order valence-electron chi connectivity index (χ3n) is 3.64. The molecule has 1 N–H and O–H groups in total. The zero-order valence-corrected chi connectivity index (χ0v) is 16.8. The number of nitrogens with one attached hydrogen (secondary N) is 1. The topological polar surface area (TPSA) is 30.5 Å². The van der Waals surface area contributed by atoms with Crippen molar-refractivity contribution in [3.05, 3.63) is 57.6 Å². The number of methoxy groups -OCH3 is 1. The van der Waals surface area contributed by atoms with E-state index in [9.17, 15) is 0 Å². The van der Waals surface area contributed by atoms with E-state index in [-0.39, 0.29) is 12.4 Å². The summed E-state index contributed by atoms with van der Waals surface area (Å²) >= 11 is 12.0. The van der Waals surface area contributed by atoms with Crippen LogP contribution >= 0.6 is 35.6 Å². The van der Waals surface area contributed by atoms with Crippen molar-refractivity contribution in [1.29, 1.82) is 0 Å². The first-order valence-electron chi connectivity index (χ1n) is 8.08. The number of ether oxygens (including phenoxy) is 2. The van der Waals surface area contributed by atoms with Gasteiger partial charge in [0.1, 0.15) is 6.61 Å². The molecule has 2 aromatic carbocycles. The van der Waals surface area contributed by atoms with Gasteiger partial charge in [0.05, 0.1) is 17.2 Å². The molecular formula is C19H24Cl3NO2. The number of unbranched alkanes of at least 4 members (excludes halogenated alkanes) is 1. The van der Waals surface area contributed by atoms with Crippen LogP contribution in [0.3, 0.4) is 0 Å². The second-order valence-corrected chi connectivity index (χ2v) is 6.37. The van der Waals surface area contributed by atoms with Gasteiger partial charge in [-0.05, 0) is 48.4 Å². The van der Waals surface area contributed by atoms with Crippen LogP contribution in [0, 0.1) is 0 Å². The van der Waals surface area contributed by atoms with Gasteiger partial charge < -0.3 is 14.8 Å². The van der Waals surface area contributed by atoms with Crippen LogP contribution in [0.15, 0.2) is 36.4 Å². The fourth-order valence-corrected chi connectivity index (χ4v) is 2.59. The average Bonchev–Trinajstić information content (AvgIpc) is 2.60. The van der Waals surface area contributed by atoms with Gasteiger partial charge in [0, 0.05) is 6.54 Å². The van der Waals surface area contributed by atoms with Gasteiger partial charge in [-0.3, -0.25) is 0 Å². The molecule has 0 saturated heterocycles. The summed E-state index contributed by atoms with van der Waals surface area (Å²) in [4.78, 5) is 0. The molecule has 2 rings (SSSR count). The number of rotatable bonds is 9. The van der Waals surface area contributed by atoms with Crippen molar-refractivity contribution in [3.63, 3.8) is 0 Å². The molecule has 2 aromatic rings. The van der Waals surface area contributed by atoms with Crippen molar-refractivity contribution in [1.82, 2.24) is 5.32 Å². The average molecular weight is 405 g/mol. The van der Waals surface area contributed by atoms with Gasteiger partial charge in [-0.15, -0.1) is 12.4 Å². The maximum Gasteiger partial charge on any atom is 0.161 e. The predicted octanol–water partition coefficient (Wildman–Crippen LogP) is 5.89. The standard InChI is InChI=1S/C19H23Cl2NO2.ClH/c1-3-4-9-22-12-14-6-8-18(19(11-14)23-2)24-13-15-5-7-16(20)17(21)10-15;/h5-8,10-11,22H,3-4,9,12-13H2,1-2H3;1H. The molecule has 138 valence electrons. The van der Waals surface area contributed by atoms with E-state index >= 15 is 0 Å². The molecule has 0 aliphatic rings. The molecule has 0 aliphatic heterocycles. The first kappa shape index (κ1) is 21.9. The molecule has 0 saturated carbocycles. The summed E-state index contributed by atoms with van der Waals surface area (Å²) in [6.07, 6.45) is 2.37. The lowest BCUT2D eigenvalue weighted by atomic mass is 10.2. The van der Waals surface area contributed by atoms with Gasteiger partial charge in [0.15, 0.2) is 11.5 Å². The summed E-state index contributed by atoms with van der Waals surface area (Å²) in [5, 5.41) is 4.49. The zero-order valence-electron chi connectivity index (χ0n) is 14.5. The Bertz CT molecular complexity index is 665. The summed E-state index contributed by atoms with van der Waals surface area (Å²) in [6.45, 7) is 4.43. The van der Waals surface area contributed by atoms with Crippen LogP contribution < -0.4 is 14.8 Å². The molecule has 0 fully saturated rings. The third kappa shape index (κ3) is 6.95. The molecule has 0 atom stereocenters. The van der Waals surface area contributed by atoms with Crippen LogP contribution in [0.2, 0.25) is 10.0 Å². The predicted molar refractivity (Wildman–Crippen MR) is 108 cm³/mol.